The molecule has 0 fully saturated rings. The van der Waals surface area contributed by atoms with Crippen LogP contribution in [0.5, 0.6) is 11.5 Å². The highest BCUT2D eigenvalue weighted by Crippen LogP contribution is 2.51. The summed E-state index contributed by atoms with van der Waals surface area (Å²) in [6, 6.07) is 17.7. The highest BCUT2D eigenvalue weighted by molar-refractivity contribution is 6.02. The molecule has 4 rings (SSSR count). The molecule has 3 aromatic carbocycles. The van der Waals surface area contributed by atoms with Gasteiger partial charge in [0.15, 0.2) is 0 Å². The van der Waals surface area contributed by atoms with Gasteiger partial charge in [0.1, 0.15) is 17.1 Å². The maximum atomic E-state index is 12.9. The third-order valence-corrected chi connectivity index (χ3v) is 5.44. The molecule has 0 radical (unpaired) electrons. The molecular formula is C25H25NO3. The molecule has 4 nitrogen and oxygen atoms in total. The van der Waals surface area contributed by atoms with Crippen molar-refractivity contribution in [1.29, 1.82) is 0 Å². The van der Waals surface area contributed by atoms with Gasteiger partial charge in [-0.05, 0) is 50.5 Å². The van der Waals surface area contributed by atoms with Crippen molar-refractivity contribution in [2.75, 3.05) is 0 Å². The summed E-state index contributed by atoms with van der Waals surface area (Å²) in [4.78, 5) is 12.9. The summed E-state index contributed by atoms with van der Waals surface area (Å²) < 4.78 is 6.22. The molecule has 148 valence electrons. The number of phenolic OH excluding ortho intramolecular Hbond substituents is 1. The van der Waals surface area contributed by atoms with E-state index in [1.165, 1.54) is 0 Å². The fourth-order valence-electron chi connectivity index (χ4n) is 3.98. The number of aromatic hydroxyl groups is 1. The Bertz CT molecular complexity index is 1100. The summed E-state index contributed by atoms with van der Waals surface area (Å²) in [5.74, 6) is 0.265. The fourth-order valence-corrected chi connectivity index (χ4v) is 3.98. The molecule has 1 heterocycles. The molecule has 0 atom stereocenters. The van der Waals surface area contributed by atoms with Crippen LogP contribution in [0.2, 0.25) is 0 Å². The Morgan fingerprint density at radius 1 is 1.07 bits per heavy atom. The van der Waals surface area contributed by atoms with E-state index in [2.05, 4.69) is 5.32 Å². The van der Waals surface area contributed by atoms with Gasteiger partial charge < -0.3 is 15.2 Å². The van der Waals surface area contributed by atoms with Crippen LogP contribution in [0.1, 0.15) is 46.5 Å². The van der Waals surface area contributed by atoms with Crippen LogP contribution >= 0.6 is 0 Å². The SMILES string of the molecule is Cc1ccc2c(c1)-c1c(cc(C)c(C(=O)NCc3ccccc3)c1O)OC2(C)C. The first-order chi connectivity index (χ1) is 13.8. The van der Waals surface area contributed by atoms with E-state index >= 15 is 0 Å². The van der Waals surface area contributed by atoms with E-state index in [0.29, 0.717) is 23.4 Å². The van der Waals surface area contributed by atoms with Crippen LogP contribution in [0.15, 0.2) is 54.6 Å². The van der Waals surface area contributed by atoms with E-state index in [1.54, 1.807) is 0 Å². The van der Waals surface area contributed by atoms with Crippen molar-refractivity contribution >= 4 is 5.91 Å². The molecule has 1 aliphatic rings. The lowest BCUT2D eigenvalue weighted by molar-refractivity contribution is 0.0946. The van der Waals surface area contributed by atoms with Crippen LogP contribution in [-0.2, 0) is 12.1 Å². The van der Waals surface area contributed by atoms with Crippen molar-refractivity contribution in [3.05, 3.63) is 82.4 Å². The molecule has 1 amide bonds. The molecule has 3 aromatic rings. The molecule has 0 aliphatic carbocycles. The first-order valence-electron chi connectivity index (χ1n) is 9.77. The maximum Gasteiger partial charge on any atom is 0.255 e. The van der Waals surface area contributed by atoms with Crippen molar-refractivity contribution in [2.24, 2.45) is 0 Å². The molecule has 4 heteroatoms. The number of aryl methyl sites for hydroxylation is 2. The van der Waals surface area contributed by atoms with Gasteiger partial charge in [-0.3, -0.25) is 4.79 Å². The molecule has 2 N–H and O–H groups in total. The van der Waals surface area contributed by atoms with Crippen LogP contribution in [0.25, 0.3) is 11.1 Å². The Hall–Kier alpha value is -3.27. The molecule has 29 heavy (non-hydrogen) atoms. The first-order valence-corrected chi connectivity index (χ1v) is 9.77. The average Bonchev–Trinajstić information content (AvgIpc) is 2.66. The van der Waals surface area contributed by atoms with Gasteiger partial charge in [-0.1, -0.05) is 54.1 Å². The van der Waals surface area contributed by atoms with Gasteiger partial charge in [0, 0.05) is 12.1 Å². The quantitative estimate of drug-likeness (QED) is 0.647. The maximum absolute atomic E-state index is 12.9. The molecule has 1 aliphatic heterocycles. The second kappa shape index (κ2) is 6.96. The highest BCUT2D eigenvalue weighted by atomic mass is 16.5. The van der Waals surface area contributed by atoms with E-state index in [1.807, 2.05) is 82.3 Å². The highest BCUT2D eigenvalue weighted by Gasteiger charge is 2.36. The lowest BCUT2D eigenvalue weighted by Gasteiger charge is -2.36. The number of nitrogens with one attached hydrogen (secondary N) is 1. The van der Waals surface area contributed by atoms with Gasteiger partial charge in [-0.25, -0.2) is 0 Å². The molecule has 0 saturated heterocycles. The number of ether oxygens (including phenoxy) is 1. The van der Waals surface area contributed by atoms with Gasteiger partial charge in [0.25, 0.3) is 5.91 Å². The summed E-state index contributed by atoms with van der Waals surface area (Å²) in [5, 5.41) is 14.1. The number of phenols is 1. The van der Waals surface area contributed by atoms with Gasteiger partial charge in [0.05, 0.1) is 11.1 Å². The summed E-state index contributed by atoms with van der Waals surface area (Å²) in [6.45, 7) is 8.25. The average molecular weight is 387 g/mol. The predicted octanol–water partition coefficient (Wildman–Crippen LogP) is 5.23. The number of fused-ring (bicyclic) bond motifs is 3. The Morgan fingerprint density at radius 3 is 2.52 bits per heavy atom. The minimum Gasteiger partial charge on any atom is -0.506 e. The summed E-state index contributed by atoms with van der Waals surface area (Å²) in [5.41, 5.74) is 5.01. The molecule has 0 saturated carbocycles. The van der Waals surface area contributed by atoms with Crippen molar-refractivity contribution in [3.8, 4) is 22.6 Å². The smallest absolute Gasteiger partial charge is 0.255 e. The first kappa shape index (κ1) is 19.1. The second-order valence-electron chi connectivity index (χ2n) is 8.12. The normalized spacial score (nSPS) is 13.8. The molecule has 0 spiro atoms. The van der Waals surface area contributed by atoms with Crippen LogP contribution in [0, 0.1) is 13.8 Å². The Balaban J connectivity index is 1.78. The Labute approximate surface area is 171 Å². The zero-order valence-corrected chi connectivity index (χ0v) is 17.2. The Kier molecular flexibility index (Phi) is 4.58. The zero-order chi connectivity index (χ0) is 20.8. The Morgan fingerprint density at radius 2 is 1.79 bits per heavy atom. The van der Waals surface area contributed by atoms with Crippen molar-refractivity contribution in [3.63, 3.8) is 0 Å². The van der Waals surface area contributed by atoms with Crippen LogP contribution < -0.4 is 10.1 Å². The number of carbonyl (C=O) groups is 1. The lowest BCUT2D eigenvalue weighted by atomic mass is 9.83. The van der Waals surface area contributed by atoms with Crippen molar-refractivity contribution in [1.82, 2.24) is 5.32 Å². The molecular weight excluding hydrogens is 362 g/mol. The van der Waals surface area contributed by atoms with Crippen LogP contribution in [-0.4, -0.2) is 11.0 Å². The van der Waals surface area contributed by atoms with E-state index in [9.17, 15) is 9.90 Å². The number of amides is 1. The van der Waals surface area contributed by atoms with E-state index in [0.717, 1.165) is 22.3 Å². The standard InChI is InChI=1S/C25H25NO3/c1-15-10-11-19-18(12-15)22-20(29-25(19,3)4)13-16(2)21(23(22)27)24(28)26-14-17-8-6-5-7-9-17/h5-13,27H,14H2,1-4H3,(H,26,28). The minimum absolute atomic E-state index is 0.0343. The van der Waals surface area contributed by atoms with Gasteiger partial charge in [-0.15, -0.1) is 0 Å². The lowest BCUT2D eigenvalue weighted by Crippen LogP contribution is -2.30. The second-order valence-corrected chi connectivity index (χ2v) is 8.12. The van der Waals surface area contributed by atoms with Gasteiger partial charge in [0.2, 0.25) is 0 Å². The van der Waals surface area contributed by atoms with E-state index in [4.69, 9.17) is 4.74 Å². The number of rotatable bonds is 3. The largest absolute Gasteiger partial charge is 0.506 e. The van der Waals surface area contributed by atoms with E-state index < -0.39 is 5.60 Å². The van der Waals surface area contributed by atoms with Crippen LogP contribution in [0.3, 0.4) is 0 Å². The summed E-state index contributed by atoms with van der Waals surface area (Å²) >= 11 is 0. The van der Waals surface area contributed by atoms with Gasteiger partial charge in [-0.2, -0.15) is 0 Å². The number of benzene rings is 3. The summed E-state index contributed by atoms with van der Waals surface area (Å²) in [6.07, 6.45) is 0. The van der Waals surface area contributed by atoms with E-state index in [-0.39, 0.29) is 17.2 Å². The van der Waals surface area contributed by atoms with Crippen LogP contribution in [0.4, 0.5) is 0 Å². The zero-order valence-electron chi connectivity index (χ0n) is 17.2. The number of hydrogen-bond acceptors (Lipinski definition) is 3. The predicted molar refractivity (Wildman–Crippen MR) is 114 cm³/mol. The third-order valence-electron chi connectivity index (χ3n) is 5.44. The fraction of sp³-hybridized carbons (Fsp3) is 0.240. The monoisotopic (exact) mass is 387 g/mol. The third kappa shape index (κ3) is 3.35. The molecule has 0 aromatic heterocycles. The topological polar surface area (TPSA) is 58.6 Å². The summed E-state index contributed by atoms with van der Waals surface area (Å²) in [7, 11) is 0. The number of hydrogen-bond donors (Lipinski definition) is 2. The van der Waals surface area contributed by atoms with Crippen molar-refractivity contribution < 1.29 is 14.6 Å². The molecule has 0 unspecified atom stereocenters. The van der Waals surface area contributed by atoms with Crippen molar-refractivity contribution in [2.45, 2.75) is 39.8 Å². The number of carbonyl (C=O) groups excluding carboxylic acids is 1. The van der Waals surface area contributed by atoms with Gasteiger partial charge >= 0.3 is 0 Å². The minimum atomic E-state index is -0.522. The molecule has 0 bridgehead atoms.